The molecule has 0 aromatic carbocycles. The number of nitrogens with two attached hydrogens (primary N) is 1. The monoisotopic (exact) mass is 215 g/mol. The van der Waals surface area contributed by atoms with Crippen molar-refractivity contribution >= 4 is 28.1 Å². The summed E-state index contributed by atoms with van der Waals surface area (Å²) in [7, 11) is 0. The molecule has 0 aliphatic heterocycles. The predicted octanol–water partition coefficient (Wildman–Crippen LogP) is 0.550. The molecule has 0 unspecified atom stereocenters. The fourth-order valence-electron chi connectivity index (χ4n) is 0.721. The molecular weight excluding hydrogens is 206 g/mol. The van der Waals surface area contributed by atoms with E-state index in [1.165, 1.54) is 5.38 Å². The Morgan fingerprint density at radius 1 is 1.86 bits per heavy atom. The third-order valence-electron chi connectivity index (χ3n) is 1.25. The van der Waals surface area contributed by atoms with Gasteiger partial charge in [-0.15, -0.1) is 11.3 Å². The molecule has 0 fully saturated rings. The van der Waals surface area contributed by atoms with Crippen LogP contribution in [0, 0.1) is 0 Å². The SMILES string of the molecule is CCO/N=C(/C(=O)O)c1csc(N)n1. The van der Waals surface area contributed by atoms with Crippen molar-refractivity contribution in [2.75, 3.05) is 12.3 Å². The second kappa shape index (κ2) is 4.56. The summed E-state index contributed by atoms with van der Waals surface area (Å²) in [5, 5.41) is 14.0. The summed E-state index contributed by atoms with van der Waals surface area (Å²) >= 11 is 1.15. The molecule has 3 N–H and O–H groups in total. The van der Waals surface area contributed by atoms with Gasteiger partial charge in [-0.05, 0) is 6.92 Å². The first-order valence-corrected chi connectivity index (χ1v) is 4.67. The van der Waals surface area contributed by atoms with Crippen molar-refractivity contribution in [3.8, 4) is 0 Å². The highest BCUT2D eigenvalue weighted by Crippen LogP contribution is 2.12. The van der Waals surface area contributed by atoms with E-state index < -0.39 is 5.97 Å². The average Bonchev–Trinajstić information content (AvgIpc) is 2.52. The predicted molar refractivity (Wildman–Crippen MR) is 52.3 cm³/mol. The van der Waals surface area contributed by atoms with E-state index in [1.807, 2.05) is 0 Å². The molecule has 0 radical (unpaired) electrons. The quantitative estimate of drug-likeness (QED) is 0.564. The van der Waals surface area contributed by atoms with Crippen molar-refractivity contribution in [1.29, 1.82) is 0 Å². The lowest BCUT2D eigenvalue weighted by Gasteiger charge is -1.96. The van der Waals surface area contributed by atoms with Crippen LogP contribution >= 0.6 is 11.3 Å². The average molecular weight is 215 g/mol. The van der Waals surface area contributed by atoms with E-state index in [4.69, 9.17) is 10.8 Å². The van der Waals surface area contributed by atoms with Gasteiger partial charge in [0.25, 0.3) is 0 Å². The molecule has 0 amide bonds. The zero-order chi connectivity index (χ0) is 10.6. The number of carbonyl (C=O) groups is 1. The van der Waals surface area contributed by atoms with Crippen molar-refractivity contribution in [3.05, 3.63) is 11.1 Å². The minimum Gasteiger partial charge on any atom is -0.476 e. The number of oxime groups is 1. The number of hydrogen-bond acceptors (Lipinski definition) is 6. The van der Waals surface area contributed by atoms with Crippen LogP contribution in [-0.2, 0) is 9.63 Å². The maximum atomic E-state index is 10.7. The fraction of sp³-hybridized carbons (Fsp3) is 0.286. The molecule has 14 heavy (non-hydrogen) atoms. The van der Waals surface area contributed by atoms with Crippen LogP contribution in [-0.4, -0.2) is 28.4 Å². The molecular formula is C7H9N3O3S. The summed E-state index contributed by atoms with van der Waals surface area (Å²) in [4.78, 5) is 19.2. The summed E-state index contributed by atoms with van der Waals surface area (Å²) < 4.78 is 0. The molecule has 6 nitrogen and oxygen atoms in total. The molecule has 7 heteroatoms. The fourth-order valence-corrected chi connectivity index (χ4v) is 1.27. The summed E-state index contributed by atoms with van der Waals surface area (Å²) in [6, 6.07) is 0. The highest BCUT2D eigenvalue weighted by Gasteiger charge is 2.16. The highest BCUT2D eigenvalue weighted by molar-refractivity contribution is 7.13. The number of carboxylic acid groups (broad SMARTS) is 1. The normalized spacial score (nSPS) is 11.4. The molecule has 1 aromatic heterocycles. The van der Waals surface area contributed by atoms with Crippen LogP contribution in [0.4, 0.5) is 5.13 Å². The minimum absolute atomic E-state index is 0.216. The van der Waals surface area contributed by atoms with E-state index in [1.54, 1.807) is 6.92 Å². The van der Waals surface area contributed by atoms with E-state index in [0.29, 0.717) is 11.7 Å². The third kappa shape index (κ3) is 2.43. The topological polar surface area (TPSA) is 97.8 Å². The Labute approximate surface area is 84.0 Å². The van der Waals surface area contributed by atoms with E-state index in [2.05, 4.69) is 15.0 Å². The molecule has 1 heterocycles. The zero-order valence-electron chi connectivity index (χ0n) is 7.43. The Bertz CT molecular complexity index is 361. The Balaban J connectivity index is 2.94. The lowest BCUT2D eigenvalue weighted by molar-refractivity contribution is -0.129. The van der Waals surface area contributed by atoms with Gasteiger partial charge in [-0.2, -0.15) is 0 Å². The van der Waals surface area contributed by atoms with Gasteiger partial charge in [0, 0.05) is 5.38 Å². The Kier molecular flexibility index (Phi) is 3.41. The number of nitrogens with zero attached hydrogens (tertiary/aromatic N) is 2. The number of nitrogen functional groups attached to an aromatic ring is 1. The Hall–Kier alpha value is -1.63. The van der Waals surface area contributed by atoms with E-state index >= 15 is 0 Å². The van der Waals surface area contributed by atoms with Crippen molar-refractivity contribution in [1.82, 2.24) is 4.98 Å². The first-order chi connectivity index (χ1) is 6.65. The summed E-state index contributed by atoms with van der Waals surface area (Å²) in [6.07, 6.45) is 0. The minimum atomic E-state index is -1.19. The second-order valence-electron chi connectivity index (χ2n) is 2.23. The second-order valence-corrected chi connectivity index (χ2v) is 3.12. The lowest BCUT2D eigenvalue weighted by atomic mass is 10.3. The van der Waals surface area contributed by atoms with Gasteiger partial charge in [-0.3, -0.25) is 0 Å². The van der Waals surface area contributed by atoms with Crippen molar-refractivity contribution in [3.63, 3.8) is 0 Å². The van der Waals surface area contributed by atoms with Gasteiger partial charge in [0.2, 0.25) is 5.71 Å². The van der Waals surface area contributed by atoms with Gasteiger partial charge in [0.05, 0.1) is 0 Å². The summed E-state index contributed by atoms with van der Waals surface area (Å²) in [5.74, 6) is -1.19. The summed E-state index contributed by atoms with van der Waals surface area (Å²) in [5.41, 5.74) is 5.34. The first-order valence-electron chi connectivity index (χ1n) is 3.79. The molecule has 0 atom stereocenters. The van der Waals surface area contributed by atoms with Gasteiger partial charge >= 0.3 is 5.97 Å². The number of aliphatic carboxylic acids is 1. The number of rotatable bonds is 4. The van der Waals surface area contributed by atoms with E-state index in [9.17, 15) is 4.79 Å². The number of aromatic nitrogens is 1. The van der Waals surface area contributed by atoms with Gasteiger partial charge < -0.3 is 15.7 Å². The molecule has 0 spiro atoms. The number of thiazole rings is 1. The highest BCUT2D eigenvalue weighted by atomic mass is 32.1. The number of anilines is 1. The van der Waals surface area contributed by atoms with Gasteiger partial charge in [-0.1, -0.05) is 5.16 Å². The van der Waals surface area contributed by atoms with Crippen LogP contribution in [0.1, 0.15) is 12.6 Å². The smallest absolute Gasteiger partial charge is 0.360 e. The molecule has 76 valence electrons. The molecule has 0 saturated carbocycles. The van der Waals surface area contributed by atoms with Gasteiger partial charge in [0.15, 0.2) is 5.13 Å². The molecule has 0 aliphatic carbocycles. The van der Waals surface area contributed by atoms with Crippen LogP contribution < -0.4 is 5.73 Å². The standard InChI is InChI=1S/C7H9N3O3S/c1-2-13-10-5(6(11)12)4-3-14-7(8)9-4/h3H,2H2,1H3,(H2,8,9)(H,11,12)/b10-5+. The molecule has 1 rings (SSSR count). The van der Waals surface area contributed by atoms with Crippen LogP contribution in [0.15, 0.2) is 10.5 Å². The number of carboxylic acids is 1. The van der Waals surface area contributed by atoms with Gasteiger partial charge in [-0.25, -0.2) is 9.78 Å². The van der Waals surface area contributed by atoms with Crippen LogP contribution in [0.25, 0.3) is 0 Å². The summed E-state index contributed by atoms with van der Waals surface area (Å²) in [6.45, 7) is 2.01. The molecule has 0 aliphatic rings. The first kappa shape index (κ1) is 10.5. The maximum Gasteiger partial charge on any atom is 0.360 e. The van der Waals surface area contributed by atoms with E-state index in [-0.39, 0.29) is 11.4 Å². The number of hydrogen-bond donors (Lipinski definition) is 2. The van der Waals surface area contributed by atoms with Crippen molar-refractivity contribution < 1.29 is 14.7 Å². The Morgan fingerprint density at radius 2 is 2.57 bits per heavy atom. The lowest BCUT2D eigenvalue weighted by Crippen LogP contribution is -2.15. The van der Waals surface area contributed by atoms with Crippen LogP contribution in [0.3, 0.4) is 0 Å². The van der Waals surface area contributed by atoms with Crippen LogP contribution in [0.5, 0.6) is 0 Å². The van der Waals surface area contributed by atoms with E-state index in [0.717, 1.165) is 11.3 Å². The van der Waals surface area contributed by atoms with Crippen molar-refractivity contribution in [2.24, 2.45) is 5.16 Å². The van der Waals surface area contributed by atoms with Crippen molar-refractivity contribution in [2.45, 2.75) is 6.92 Å². The van der Waals surface area contributed by atoms with Crippen LogP contribution in [0.2, 0.25) is 0 Å². The van der Waals surface area contributed by atoms with Gasteiger partial charge in [0.1, 0.15) is 12.3 Å². The Morgan fingerprint density at radius 3 is 3.00 bits per heavy atom. The largest absolute Gasteiger partial charge is 0.476 e. The maximum absolute atomic E-state index is 10.7. The zero-order valence-corrected chi connectivity index (χ0v) is 8.24. The third-order valence-corrected chi connectivity index (χ3v) is 1.93. The molecule has 1 aromatic rings. The molecule has 0 bridgehead atoms. The molecule has 0 saturated heterocycles.